The summed E-state index contributed by atoms with van der Waals surface area (Å²) < 4.78 is 10.6. The largest absolute Gasteiger partial charge is 0.496 e. The van der Waals surface area contributed by atoms with Crippen LogP contribution >= 0.6 is 0 Å². The number of carbonyl (C=O) groups is 1. The first-order chi connectivity index (χ1) is 11.8. The van der Waals surface area contributed by atoms with Gasteiger partial charge in [-0.05, 0) is 35.6 Å². The third-order valence-electron chi connectivity index (χ3n) is 4.28. The maximum Gasteiger partial charge on any atom is 0.259 e. The first kappa shape index (κ1) is 18.8. The minimum absolute atomic E-state index is 0.107. The third kappa shape index (κ3) is 4.32. The monoisotopic (exact) mass is 341 g/mol. The average Bonchev–Trinajstić information content (AvgIpc) is 2.60. The molecule has 1 N–H and O–H groups in total. The molecule has 2 aromatic carbocycles. The molecular formula is C21H27NO3. The summed E-state index contributed by atoms with van der Waals surface area (Å²) in [5, 5.41) is 3.02. The maximum atomic E-state index is 12.7. The topological polar surface area (TPSA) is 47.6 Å². The van der Waals surface area contributed by atoms with Crippen molar-refractivity contribution >= 4 is 5.91 Å². The van der Waals surface area contributed by atoms with Crippen LogP contribution in [0.4, 0.5) is 0 Å². The molecule has 0 saturated heterocycles. The molecule has 0 aliphatic rings. The van der Waals surface area contributed by atoms with Gasteiger partial charge in [0.25, 0.3) is 5.91 Å². The van der Waals surface area contributed by atoms with Crippen LogP contribution in [0.2, 0.25) is 0 Å². The minimum Gasteiger partial charge on any atom is -0.496 e. The normalized spacial score (nSPS) is 12.4. The lowest BCUT2D eigenvalue weighted by atomic mass is 9.86. The van der Waals surface area contributed by atoms with E-state index in [9.17, 15) is 4.79 Å². The zero-order valence-corrected chi connectivity index (χ0v) is 15.8. The van der Waals surface area contributed by atoms with E-state index >= 15 is 0 Å². The van der Waals surface area contributed by atoms with Gasteiger partial charge in [0, 0.05) is 0 Å². The zero-order chi connectivity index (χ0) is 18.6. The van der Waals surface area contributed by atoms with Crippen LogP contribution in [0.5, 0.6) is 11.5 Å². The standard InChI is InChI=1S/C21H27NO3/c1-14(15-10-12-16(13-11-15)21(2,3)4)22-20(23)19-17(24-5)8-7-9-18(19)25-6/h7-14H,1-6H3,(H,22,23). The van der Waals surface area contributed by atoms with Crippen molar-refractivity contribution in [2.45, 2.75) is 39.2 Å². The summed E-state index contributed by atoms with van der Waals surface area (Å²) in [6.45, 7) is 8.51. The SMILES string of the molecule is COc1cccc(OC)c1C(=O)NC(C)c1ccc(C(C)(C)C)cc1. The van der Waals surface area contributed by atoms with Gasteiger partial charge >= 0.3 is 0 Å². The van der Waals surface area contributed by atoms with Gasteiger partial charge in [-0.2, -0.15) is 0 Å². The Bertz CT molecular complexity index is 708. The van der Waals surface area contributed by atoms with Crippen LogP contribution in [0.15, 0.2) is 42.5 Å². The minimum atomic E-state index is -0.221. The van der Waals surface area contributed by atoms with Crippen molar-refractivity contribution in [2.24, 2.45) is 0 Å². The van der Waals surface area contributed by atoms with E-state index in [-0.39, 0.29) is 17.4 Å². The number of rotatable bonds is 5. The van der Waals surface area contributed by atoms with Crippen molar-refractivity contribution in [3.8, 4) is 11.5 Å². The maximum absolute atomic E-state index is 12.7. The Morgan fingerprint density at radius 1 is 0.960 bits per heavy atom. The van der Waals surface area contributed by atoms with Gasteiger partial charge in [-0.25, -0.2) is 0 Å². The van der Waals surface area contributed by atoms with Crippen molar-refractivity contribution in [3.05, 3.63) is 59.2 Å². The highest BCUT2D eigenvalue weighted by molar-refractivity contribution is 5.99. The number of carbonyl (C=O) groups excluding carboxylic acids is 1. The van der Waals surface area contributed by atoms with Crippen molar-refractivity contribution in [3.63, 3.8) is 0 Å². The van der Waals surface area contributed by atoms with Gasteiger partial charge in [0.1, 0.15) is 17.1 Å². The summed E-state index contributed by atoms with van der Waals surface area (Å²) >= 11 is 0. The highest BCUT2D eigenvalue weighted by atomic mass is 16.5. The molecule has 4 nitrogen and oxygen atoms in total. The number of hydrogen-bond donors (Lipinski definition) is 1. The quantitative estimate of drug-likeness (QED) is 0.871. The molecule has 2 rings (SSSR count). The molecule has 4 heteroatoms. The second-order valence-corrected chi connectivity index (χ2v) is 7.10. The van der Waals surface area contributed by atoms with Gasteiger partial charge < -0.3 is 14.8 Å². The van der Waals surface area contributed by atoms with E-state index in [1.807, 2.05) is 6.92 Å². The summed E-state index contributed by atoms with van der Waals surface area (Å²) in [7, 11) is 3.08. The Morgan fingerprint density at radius 2 is 1.48 bits per heavy atom. The van der Waals surface area contributed by atoms with E-state index in [4.69, 9.17) is 9.47 Å². The molecule has 2 aromatic rings. The molecule has 0 aromatic heterocycles. The summed E-state index contributed by atoms with van der Waals surface area (Å²) in [5.74, 6) is 0.765. The first-order valence-corrected chi connectivity index (χ1v) is 8.40. The van der Waals surface area contributed by atoms with Crippen molar-refractivity contribution in [2.75, 3.05) is 14.2 Å². The lowest BCUT2D eigenvalue weighted by Gasteiger charge is -2.21. The number of benzene rings is 2. The van der Waals surface area contributed by atoms with Crippen LogP contribution in [-0.2, 0) is 5.41 Å². The molecule has 0 heterocycles. The van der Waals surface area contributed by atoms with E-state index in [2.05, 4.69) is 50.4 Å². The predicted octanol–water partition coefficient (Wildman–Crippen LogP) is 4.49. The van der Waals surface area contributed by atoms with Crippen LogP contribution in [0.1, 0.15) is 55.2 Å². The number of hydrogen-bond acceptors (Lipinski definition) is 3. The number of methoxy groups -OCH3 is 2. The third-order valence-corrected chi connectivity index (χ3v) is 4.28. The molecule has 0 aliphatic heterocycles. The summed E-state index contributed by atoms with van der Waals surface area (Å²) in [4.78, 5) is 12.7. The molecule has 0 spiro atoms. The molecule has 1 unspecified atom stereocenters. The van der Waals surface area contributed by atoms with Gasteiger partial charge in [-0.3, -0.25) is 4.79 Å². The Balaban J connectivity index is 2.21. The first-order valence-electron chi connectivity index (χ1n) is 8.40. The second-order valence-electron chi connectivity index (χ2n) is 7.10. The van der Waals surface area contributed by atoms with Crippen LogP contribution in [0, 0.1) is 0 Å². The molecule has 0 radical (unpaired) electrons. The van der Waals surface area contributed by atoms with Gasteiger partial charge in [0.15, 0.2) is 0 Å². The number of ether oxygens (including phenoxy) is 2. The zero-order valence-electron chi connectivity index (χ0n) is 15.8. The predicted molar refractivity (Wildman–Crippen MR) is 101 cm³/mol. The molecular weight excluding hydrogens is 314 g/mol. The molecule has 134 valence electrons. The lowest BCUT2D eigenvalue weighted by Crippen LogP contribution is -2.27. The molecule has 0 bridgehead atoms. The van der Waals surface area contributed by atoms with Crippen molar-refractivity contribution in [1.82, 2.24) is 5.32 Å². The second kappa shape index (κ2) is 7.60. The molecule has 0 aliphatic carbocycles. The highest BCUT2D eigenvalue weighted by Gasteiger charge is 2.20. The van der Waals surface area contributed by atoms with E-state index in [0.29, 0.717) is 17.1 Å². The van der Waals surface area contributed by atoms with Gasteiger partial charge in [0.05, 0.1) is 20.3 Å². The smallest absolute Gasteiger partial charge is 0.259 e. The Labute approximate surface area is 150 Å². The van der Waals surface area contributed by atoms with Crippen molar-refractivity contribution < 1.29 is 14.3 Å². The Kier molecular flexibility index (Phi) is 5.73. The van der Waals surface area contributed by atoms with E-state index < -0.39 is 0 Å². The van der Waals surface area contributed by atoms with Gasteiger partial charge in [-0.1, -0.05) is 51.1 Å². The van der Waals surface area contributed by atoms with E-state index in [1.165, 1.54) is 5.56 Å². The fraction of sp³-hybridized carbons (Fsp3) is 0.381. The van der Waals surface area contributed by atoms with Crippen LogP contribution in [0.25, 0.3) is 0 Å². The molecule has 0 fully saturated rings. The fourth-order valence-corrected chi connectivity index (χ4v) is 2.70. The fourth-order valence-electron chi connectivity index (χ4n) is 2.70. The summed E-state index contributed by atoms with van der Waals surface area (Å²) in [6.07, 6.45) is 0. The number of nitrogens with one attached hydrogen (secondary N) is 1. The van der Waals surface area contributed by atoms with Gasteiger partial charge in [-0.15, -0.1) is 0 Å². The van der Waals surface area contributed by atoms with Crippen LogP contribution in [-0.4, -0.2) is 20.1 Å². The van der Waals surface area contributed by atoms with Gasteiger partial charge in [0.2, 0.25) is 0 Å². The van der Waals surface area contributed by atoms with Crippen LogP contribution < -0.4 is 14.8 Å². The van der Waals surface area contributed by atoms with Crippen molar-refractivity contribution in [1.29, 1.82) is 0 Å². The summed E-state index contributed by atoms with van der Waals surface area (Å²) in [5.41, 5.74) is 2.83. The molecule has 25 heavy (non-hydrogen) atoms. The highest BCUT2D eigenvalue weighted by Crippen LogP contribution is 2.29. The van der Waals surface area contributed by atoms with E-state index in [1.54, 1.807) is 32.4 Å². The molecule has 1 amide bonds. The Morgan fingerprint density at radius 3 is 1.92 bits per heavy atom. The summed E-state index contributed by atoms with van der Waals surface area (Å²) in [6, 6.07) is 13.5. The molecule has 0 saturated carbocycles. The molecule has 1 atom stereocenters. The van der Waals surface area contributed by atoms with Crippen LogP contribution in [0.3, 0.4) is 0 Å². The number of amides is 1. The Hall–Kier alpha value is -2.49. The average molecular weight is 341 g/mol. The lowest BCUT2D eigenvalue weighted by molar-refractivity contribution is 0.0933. The van der Waals surface area contributed by atoms with E-state index in [0.717, 1.165) is 5.56 Å².